The third kappa shape index (κ3) is 2.67. The first-order valence-electron chi connectivity index (χ1n) is 6.66. The minimum Gasteiger partial charge on any atom is -0.382 e. The van der Waals surface area contributed by atoms with E-state index in [0.717, 1.165) is 25.2 Å². The standard InChI is InChI=1S/C16H18N2O/c19-16(15-8-4-5-10-17-15)9-11-18(13-16)12-14-6-2-1-3-7-14/h1-8,10,19H,9,11-13H2. The SMILES string of the molecule is OC1(c2ccccn2)CCN(Cc2ccccc2)C1. The van der Waals surface area contributed by atoms with Gasteiger partial charge < -0.3 is 5.11 Å². The molecule has 1 aliphatic rings. The molecule has 3 nitrogen and oxygen atoms in total. The molecule has 19 heavy (non-hydrogen) atoms. The highest BCUT2D eigenvalue weighted by atomic mass is 16.3. The number of pyridine rings is 1. The number of rotatable bonds is 3. The molecule has 1 N–H and O–H groups in total. The Labute approximate surface area is 113 Å². The van der Waals surface area contributed by atoms with Crippen LogP contribution in [0, 0.1) is 0 Å². The highest BCUT2D eigenvalue weighted by molar-refractivity contribution is 5.18. The van der Waals surface area contributed by atoms with E-state index in [1.807, 2.05) is 24.3 Å². The van der Waals surface area contributed by atoms with Gasteiger partial charge in [-0.15, -0.1) is 0 Å². The molecular formula is C16H18N2O. The Morgan fingerprint density at radius 1 is 1.11 bits per heavy atom. The molecule has 2 aromatic rings. The Hall–Kier alpha value is -1.71. The van der Waals surface area contributed by atoms with Crippen molar-refractivity contribution in [1.29, 1.82) is 0 Å². The summed E-state index contributed by atoms with van der Waals surface area (Å²) in [5, 5.41) is 10.7. The van der Waals surface area contributed by atoms with Crippen molar-refractivity contribution in [3.8, 4) is 0 Å². The Morgan fingerprint density at radius 3 is 2.63 bits per heavy atom. The zero-order valence-electron chi connectivity index (χ0n) is 10.9. The van der Waals surface area contributed by atoms with E-state index in [2.05, 4.69) is 34.1 Å². The quantitative estimate of drug-likeness (QED) is 0.912. The van der Waals surface area contributed by atoms with Gasteiger partial charge in [0.15, 0.2) is 0 Å². The van der Waals surface area contributed by atoms with Crippen LogP contribution in [0.4, 0.5) is 0 Å². The third-order valence-corrected chi connectivity index (χ3v) is 3.72. The highest BCUT2D eigenvalue weighted by Gasteiger charge is 2.38. The van der Waals surface area contributed by atoms with E-state index in [0.29, 0.717) is 6.54 Å². The van der Waals surface area contributed by atoms with Crippen molar-refractivity contribution in [3.63, 3.8) is 0 Å². The van der Waals surface area contributed by atoms with Crippen molar-refractivity contribution in [2.75, 3.05) is 13.1 Å². The summed E-state index contributed by atoms with van der Waals surface area (Å²) >= 11 is 0. The van der Waals surface area contributed by atoms with Crippen molar-refractivity contribution in [3.05, 3.63) is 66.0 Å². The lowest BCUT2D eigenvalue weighted by Gasteiger charge is -2.22. The molecule has 1 atom stereocenters. The molecule has 3 heteroatoms. The Morgan fingerprint density at radius 2 is 1.89 bits per heavy atom. The minimum absolute atomic E-state index is 0.652. The first-order valence-corrected chi connectivity index (χ1v) is 6.66. The Balaban J connectivity index is 1.70. The first-order chi connectivity index (χ1) is 9.26. The molecule has 1 aromatic heterocycles. The van der Waals surface area contributed by atoms with E-state index in [-0.39, 0.29) is 0 Å². The van der Waals surface area contributed by atoms with Gasteiger partial charge in [0.05, 0.1) is 5.69 Å². The average molecular weight is 254 g/mol. The summed E-state index contributed by atoms with van der Waals surface area (Å²) in [5.74, 6) is 0. The van der Waals surface area contributed by atoms with Crippen LogP contribution in [0.5, 0.6) is 0 Å². The number of aromatic nitrogens is 1. The van der Waals surface area contributed by atoms with Gasteiger partial charge in [-0.1, -0.05) is 36.4 Å². The van der Waals surface area contributed by atoms with Gasteiger partial charge in [0.25, 0.3) is 0 Å². The van der Waals surface area contributed by atoms with E-state index in [1.165, 1.54) is 5.56 Å². The molecular weight excluding hydrogens is 236 g/mol. The lowest BCUT2D eigenvalue weighted by molar-refractivity contribution is 0.0409. The number of nitrogens with zero attached hydrogens (tertiary/aromatic N) is 2. The average Bonchev–Trinajstić information content (AvgIpc) is 2.84. The second kappa shape index (κ2) is 5.11. The van der Waals surface area contributed by atoms with Crippen LogP contribution in [-0.4, -0.2) is 28.1 Å². The van der Waals surface area contributed by atoms with Gasteiger partial charge in [-0.2, -0.15) is 0 Å². The molecule has 0 bridgehead atoms. The number of likely N-dealkylation sites (tertiary alicyclic amines) is 1. The van der Waals surface area contributed by atoms with E-state index < -0.39 is 5.60 Å². The Bertz CT molecular complexity index is 529. The molecule has 0 aliphatic carbocycles. The maximum Gasteiger partial charge on any atom is 0.120 e. The molecule has 1 fully saturated rings. The van der Waals surface area contributed by atoms with Crippen molar-refractivity contribution < 1.29 is 5.11 Å². The van der Waals surface area contributed by atoms with Crippen LogP contribution in [-0.2, 0) is 12.1 Å². The molecule has 1 aromatic carbocycles. The van der Waals surface area contributed by atoms with Crippen LogP contribution in [0.15, 0.2) is 54.7 Å². The molecule has 1 unspecified atom stereocenters. The summed E-state index contributed by atoms with van der Waals surface area (Å²) in [6.07, 6.45) is 2.49. The zero-order chi connectivity index (χ0) is 13.1. The molecule has 1 saturated heterocycles. The van der Waals surface area contributed by atoms with Gasteiger partial charge >= 0.3 is 0 Å². The monoisotopic (exact) mass is 254 g/mol. The van der Waals surface area contributed by atoms with Gasteiger partial charge in [-0.05, 0) is 24.1 Å². The van der Waals surface area contributed by atoms with Crippen LogP contribution < -0.4 is 0 Å². The topological polar surface area (TPSA) is 36.4 Å². The molecule has 1 aliphatic heterocycles. The van der Waals surface area contributed by atoms with E-state index in [9.17, 15) is 5.11 Å². The summed E-state index contributed by atoms with van der Waals surface area (Å²) in [4.78, 5) is 6.58. The summed E-state index contributed by atoms with van der Waals surface area (Å²) in [6, 6.07) is 16.1. The molecule has 98 valence electrons. The van der Waals surface area contributed by atoms with Crippen molar-refractivity contribution in [2.24, 2.45) is 0 Å². The second-order valence-corrected chi connectivity index (χ2v) is 5.19. The molecule has 3 rings (SSSR count). The van der Waals surface area contributed by atoms with Gasteiger partial charge in [0, 0.05) is 25.8 Å². The van der Waals surface area contributed by atoms with Crippen LogP contribution >= 0.6 is 0 Å². The molecule has 0 saturated carbocycles. The summed E-state index contributed by atoms with van der Waals surface area (Å²) in [6.45, 7) is 2.44. The third-order valence-electron chi connectivity index (χ3n) is 3.72. The fourth-order valence-corrected chi connectivity index (χ4v) is 2.69. The number of β-amino-alcohol motifs (C(OH)–C–C–N with tert-alkyl or cyclic N) is 1. The smallest absolute Gasteiger partial charge is 0.120 e. The maximum atomic E-state index is 10.7. The van der Waals surface area contributed by atoms with E-state index in [1.54, 1.807) is 6.20 Å². The van der Waals surface area contributed by atoms with Gasteiger partial charge in [0.1, 0.15) is 5.60 Å². The predicted octanol–water partition coefficient (Wildman–Crippen LogP) is 2.18. The summed E-state index contributed by atoms with van der Waals surface area (Å²) in [7, 11) is 0. The lowest BCUT2D eigenvalue weighted by Crippen LogP contribution is -2.31. The fraction of sp³-hybridized carbons (Fsp3) is 0.312. The lowest BCUT2D eigenvalue weighted by atomic mass is 9.98. The second-order valence-electron chi connectivity index (χ2n) is 5.19. The van der Waals surface area contributed by atoms with E-state index in [4.69, 9.17) is 0 Å². The van der Waals surface area contributed by atoms with Gasteiger partial charge in [-0.25, -0.2) is 0 Å². The summed E-state index contributed by atoms with van der Waals surface area (Å²) < 4.78 is 0. The van der Waals surface area contributed by atoms with Crippen LogP contribution in [0.3, 0.4) is 0 Å². The predicted molar refractivity (Wildman–Crippen MR) is 74.5 cm³/mol. The number of hydrogen-bond donors (Lipinski definition) is 1. The van der Waals surface area contributed by atoms with E-state index >= 15 is 0 Å². The largest absolute Gasteiger partial charge is 0.382 e. The van der Waals surface area contributed by atoms with Gasteiger partial charge in [0.2, 0.25) is 0 Å². The number of hydrogen-bond acceptors (Lipinski definition) is 3. The minimum atomic E-state index is -0.796. The number of aliphatic hydroxyl groups is 1. The van der Waals surface area contributed by atoms with Crippen molar-refractivity contribution in [2.45, 2.75) is 18.6 Å². The Kier molecular flexibility index (Phi) is 3.32. The molecule has 0 spiro atoms. The molecule has 0 amide bonds. The summed E-state index contributed by atoms with van der Waals surface area (Å²) in [5.41, 5.74) is 1.27. The van der Waals surface area contributed by atoms with Crippen LogP contribution in [0.2, 0.25) is 0 Å². The molecule has 2 heterocycles. The van der Waals surface area contributed by atoms with Crippen LogP contribution in [0.25, 0.3) is 0 Å². The fourth-order valence-electron chi connectivity index (χ4n) is 2.69. The number of benzene rings is 1. The van der Waals surface area contributed by atoms with Gasteiger partial charge in [-0.3, -0.25) is 9.88 Å². The van der Waals surface area contributed by atoms with Crippen molar-refractivity contribution in [1.82, 2.24) is 9.88 Å². The van der Waals surface area contributed by atoms with Crippen molar-refractivity contribution >= 4 is 0 Å². The van der Waals surface area contributed by atoms with Crippen LogP contribution in [0.1, 0.15) is 17.7 Å². The first kappa shape index (κ1) is 12.3. The highest BCUT2D eigenvalue weighted by Crippen LogP contribution is 2.31. The maximum absolute atomic E-state index is 10.7. The normalized spacial score (nSPS) is 23.6. The zero-order valence-corrected chi connectivity index (χ0v) is 10.9. The molecule has 0 radical (unpaired) electrons.